The molecule has 23 heavy (non-hydrogen) atoms. The monoisotopic (exact) mass is 308 g/mol. The van der Waals surface area contributed by atoms with Crippen LogP contribution in [-0.4, -0.2) is 21.8 Å². The SMILES string of the molecule is CC(=O)Nc1ccc(NC(=O)c2cccc3[nH]c(C)nc23)cc1. The molecule has 0 atom stereocenters. The molecular formula is C17H16N4O2. The Labute approximate surface area is 132 Å². The van der Waals surface area contributed by atoms with Crippen LogP contribution in [0.1, 0.15) is 23.1 Å². The second-order valence-electron chi connectivity index (χ2n) is 5.24. The van der Waals surface area contributed by atoms with Gasteiger partial charge in [-0.15, -0.1) is 0 Å². The number of fused-ring (bicyclic) bond motifs is 1. The summed E-state index contributed by atoms with van der Waals surface area (Å²) in [7, 11) is 0. The van der Waals surface area contributed by atoms with E-state index in [4.69, 9.17) is 0 Å². The van der Waals surface area contributed by atoms with Gasteiger partial charge in [0, 0.05) is 18.3 Å². The Balaban J connectivity index is 1.82. The number of amides is 2. The maximum Gasteiger partial charge on any atom is 0.257 e. The fourth-order valence-corrected chi connectivity index (χ4v) is 2.38. The van der Waals surface area contributed by atoms with Crippen LogP contribution in [0.25, 0.3) is 11.0 Å². The molecule has 0 unspecified atom stereocenters. The summed E-state index contributed by atoms with van der Waals surface area (Å²) in [6, 6.07) is 12.4. The molecule has 2 aromatic carbocycles. The summed E-state index contributed by atoms with van der Waals surface area (Å²) in [4.78, 5) is 30.9. The number of rotatable bonds is 3. The summed E-state index contributed by atoms with van der Waals surface area (Å²) in [5.41, 5.74) is 3.32. The number of H-pyrrole nitrogens is 1. The zero-order chi connectivity index (χ0) is 16.4. The number of nitrogens with one attached hydrogen (secondary N) is 3. The average molecular weight is 308 g/mol. The Morgan fingerprint density at radius 2 is 1.65 bits per heavy atom. The number of para-hydroxylation sites is 1. The van der Waals surface area contributed by atoms with Crippen LogP contribution in [0.5, 0.6) is 0 Å². The van der Waals surface area contributed by atoms with E-state index in [1.165, 1.54) is 6.92 Å². The third kappa shape index (κ3) is 3.21. The first-order valence-electron chi connectivity index (χ1n) is 7.17. The van der Waals surface area contributed by atoms with Gasteiger partial charge in [0.05, 0.1) is 11.1 Å². The van der Waals surface area contributed by atoms with Crippen molar-refractivity contribution in [3.63, 3.8) is 0 Å². The van der Waals surface area contributed by atoms with E-state index in [1.807, 2.05) is 19.1 Å². The Hall–Kier alpha value is -3.15. The van der Waals surface area contributed by atoms with Crippen molar-refractivity contribution in [2.24, 2.45) is 0 Å². The smallest absolute Gasteiger partial charge is 0.257 e. The minimum absolute atomic E-state index is 0.137. The minimum Gasteiger partial charge on any atom is -0.342 e. The maximum absolute atomic E-state index is 12.5. The van der Waals surface area contributed by atoms with Crippen LogP contribution in [0.15, 0.2) is 42.5 Å². The third-order valence-corrected chi connectivity index (χ3v) is 3.34. The Morgan fingerprint density at radius 1 is 1.00 bits per heavy atom. The van der Waals surface area contributed by atoms with Gasteiger partial charge in [0.15, 0.2) is 0 Å². The summed E-state index contributed by atoms with van der Waals surface area (Å²) < 4.78 is 0. The van der Waals surface area contributed by atoms with Crippen molar-refractivity contribution in [3.8, 4) is 0 Å². The van der Waals surface area contributed by atoms with Crippen LogP contribution < -0.4 is 10.6 Å². The maximum atomic E-state index is 12.5. The normalized spacial score (nSPS) is 10.5. The number of nitrogens with zero attached hydrogens (tertiary/aromatic N) is 1. The molecule has 3 aromatic rings. The molecule has 1 heterocycles. The van der Waals surface area contributed by atoms with Crippen molar-refractivity contribution in [2.75, 3.05) is 10.6 Å². The lowest BCUT2D eigenvalue weighted by Crippen LogP contribution is -2.12. The predicted octanol–water partition coefficient (Wildman–Crippen LogP) is 3.08. The minimum atomic E-state index is -0.227. The number of aromatic amines is 1. The summed E-state index contributed by atoms with van der Waals surface area (Å²) in [5, 5.41) is 5.51. The quantitative estimate of drug-likeness (QED) is 0.695. The Bertz CT molecular complexity index is 881. The van der Waals surface area contributed by atoms with Crippen molar-refractivity contribution in [1.82, 2.24) is 9.97 Å². The molecule has 0 bridgehead atoms. The van der Waals surface area contributed by atoms with Crippen molar-refractivity contribution >= 4 is 34.2 Å². The molecule has 3 rings (SSSR count). The number of carbonyl (C=O) groups excluding carboxylic acids is 2. The number of benzene rings is 2. The zero-order valence-corrected chi connectivity index (χ0v) is 12.8. The molecular weight excluding hydrogens is 292 g/mol. The van der Waals surface area contributed by atoms with E-state index >= 15 is 0 Å². The number of hydrogen-bond acceptors (Lipinski definition) is 3. The number of hydrogen-bond donors (Lipinski definition) is 3. The number of carbonyl (C=O) groups is 2. The first-order valence-corrected chi connectivity index (χ1v) is 7.17. The zero-order valence-electron chi connectivity index (χ0n) is 12.8. The molecule has 0 saturated heterocycles. The van der Waals surface area contributed by atoms with E-state index in [2.05, 4.69) is 20.6 Å². The molecule has 3 N–H and O–H groups in total. The van der Waals surface area contributed by atoms with Crippen LogP contribution >= 0.6 is 0 Å². The van der Waals surface area contributed by atoms with Gasteiger partial charge in [0.25, 0.3) is 5.91 Å². The van der Waals surface area contributed by atoms with Crippen LogP contribution in [0.4, 0.5) is 11.4 Å². The molecule has 0 aliphatic heterocycles. The van der Waals surface area contributed by atoms with E-state index in [0.29, 0.717) is 22.5 Å². The molecule has 0 spiro atoms. The first-order chi connectivity index (χ1) is 11.0. The molecule has 0 aliphatic carbocycles. The van der Waals surface area contributed by atoms with E-state index in [-0.39, 0.29) is 11.8 Å². The van der Waals surface area contributed by atoms with Gasteiger partial charge in [-0.3, -0.25) is 9.59 Å². The number of aromatic nitrogens is 2. The third-order valence-electron chi connectivity index (χ3n) is 3.34. The van der Waals surface area contributed by atoms with Gasteiger partial charge in [-0.2, -0.15) is 0 Å². The molecule has 0 saturated carbocycles. The second-order valence-corrected chi connectivity index (χ2v) is 5.24. The van der Waals surface area contributed by atoms with Crippen molar-refractivity contribution in [1.29, 1.82) is 0 Å². The van der Waals surface area contributed by atoms with Gasteiger partial charge in [-0.1, -0.05) is 6.07 Å². The summed E-state index contributed by atoms with van der Waals surface area (Å²) in [6.45, 7) is 3.30. The van der Waals surface area contributed by atoms with E-state index in [9.17, 15) is 9.59 Å². The molecule has 0 radical (unpaired) electrons. The predicted molar refractivity (Wildman–Crippen MR) is 89.5 cm³/mol. The lowest BCUT2D eigenvalue weighted by atomic mass is 10.1. The Morgan fingerprint density at radius 3 is 2.30 bits per heavy atom. The van der Waals surface area contributed by atoms with Crippen LogP contribution in [0, 0.1) is 6.92 Å². The lowest BCUT2D eigenvalue weighted by molar-refractivity contribution is -0.114. The highest BCUT2D eigenvalue weighted by Gasteiger charge is 2.13. The van der Waals surface area contributed by atoms with E-state index in [1.54, 1.807) is 30.3 Å². The molecule has 6 nitrogen and oxygen atoms in total. The number of anilines is 2. The van der Waals surface area contributed by atoms with Gasteiger partial charge >= 0.3 is 0 Å². The molecule has 2 amide bonds. The second kappa shape index (κ2) is 5.92. The fraction of sp³-hybridized carbons (Fsp3) is 0.118. The van der Waals surface area contributed by atoms with Gasteiger partial charge in [0.1, 0.15) is 11.3 Å². The van der Waals surface area contributed by atoms with Crippen LogP contribution in [-0.2, 0) is 4.79 Å². The van der Waals surface area contributed by atoms with E-state index in [0.717, 1.165) is 11.3 Å². The van der Waals surface area contributed by atoms with Gasteiger partial charge in [0.2, 0.25) is 5.91 Å². The van der Waals surface area contributed by atoms with Gasteiger partial charge in [-0.05, 0) is 43.3 Å². The molecule has 1 aromatic heterocycles. The lowest BCUT2D eigenvalue weighted by Gasteiger charge is -2.07. The van der Waals surface area contributed by atoms with Crippen LogP contribution in [0.2, 0.25) is 0 Å². The van der Waals surface area contributed by atoms with Crippen molar-refractivity contribution < 1.29 is 9.59 Å². The summed E-state index contributed by atoms with van der Waals surface area (Å²) >= 11 is 0. The van der Waals surface area contributed by atoms with Crippen molar-refractivity contribution in [3.05, 3.63) is 53.9 Å². The highest BCUT2D eigenvalue weighted by Crippen LogP contribution is 2.19. The first kappa shape index (κ1) is 14.8. The summed E-state index contributed by atoms with van der Waals surface area (Å²) in [5.74, 6) is 0.400. The molecule has 0 aliphatic rings. The van der Waals surface area contributed by atoms with Crippen LogP contribution in [0.3, 0.4) is 0 Å². The molecule has 6 heteroatoms. The van der Waals surface area contributed by atoms with Gasteiger partial charge < -0.3 is 15.6 Å². The van der Waals surface area contributed by atoms with Gasteiger partial charge in [-0.25, -0.2) is 4.98 Å². The molecule has 0 fully saturated rings. The topological polar surface area (TPSA) is 86.9 Å². The van der Waals surface area contributed by atoms with Crippen molar-refractivity contribution in [2.45, 2.75) is 13.8 Å². The average Bonchev–Trinajstić information content (AvgIpc) is 2.88. The molecule has 116 valence electrons. The number of aryl methyl sites for hydroxylation is 1. The largest absolute Gasteiger partial charge is 0.342 e. The standard InChI is InChI=1S/C17H16N4O2/c1-10-18-15-5-3-4-14(16(15)19-10)17(23)21-13-8-6-12(7-9-13)20-11(2)22/h3-9H,1-2H3,(H,18,19)(H,20,22)(H,21,23). The summed E-state index contributed by atoms with van der Waals surface area (Å²) in [6.07, 6.45) is 0. The fourth-order valence-electron chi connectivity index (χ4n) is 2.38. The number of imidazole rings is 1. The van der Waals surface area contributed by atoms with E-state index < -0.39 is 0 Å². The highest BCUT2D eigenvalue weighted by atomic mass is 16.2. The Kier molecular flexibility index (Phi) is 3.80. The highest BCUT2D eigenvalue weighted by molar-refractivity contribution is 6.11.